The van der Waals surface area contributed by atoms with Gasteiger partial charge in [-0.2, -0.15) is 0 Å². The van der Waals surface area contributed by atoms with Crippen LogP contribution in [0.1, 0.15) is 30.5 Å². The molecule has 33 heavy (non-hydrogen) atoms. The van der Waals surface area contributed by atoms with Crippen molar-refractivity contribution in [2.24, 2.45) is 0 Å². The topological polar surface area (TPSA) is 90.0 Å². The van der Waals surface area contributed by atoms with E-state index in [0.717, 1.165) is 41.6 Å². The Labute approximate surface area is 194 Å². The number of hydroxylamine groups is 1. The number of fused-ring (bicyclic) bond motifs is 3. The average Bonchev–Trinajstić information content (AvgIpc) is 3.23. The van der Waals surface area contributed by atoms with Crippen molar-refractivity contribution in [2.45, 2.75) is 26.8 Å². The predicted molar refractivity (Wildman–Crippen MR) is 135 cm³/mol. The molecule has 4 N–H and O–H groups in total. The van der Waals surface area contributed by atoms with Gasteiger partial charge < -0.3 is 10.3 Å². The highest BCUT2D eigenvalue weighted by molar-refractivity contribution is 6.05. The van der Waals surface area contributed by atoms with Gasteiger partial charge in [0.15, 0.2) is 0 Å². The van der Waals surface area contributed by atoms with Gasteiger partial charge in [-0.25, -0.2) is 10.5 Å². The van der Waals surface area contributed by atoms with Gasteiger partial charge in [-0.05, 0) is 67.8 Å². The van der Waals surface area contributed by atoms with Gasteiger partial charge in [-0.15, -0.1) is 0 Å². The number of allylic oxidation sites excluding steroid dienone is 2. The molecule has 2 heterocycles. The van der Waals surface area contributed by atoms with Crippen molar-refractivity contribution in [1.82, 2.24) is 20.8 Å². The Morgan fingerprint density at radius 1 is 1.03 bits per heavy atom. The molecule has 0 spiro atoms. The van der Waals surface area contributed by atoms with Crippen LogP contribution in [-0.2, 0) is 17.8 Å². The SMILES string of the molecule is C/C=C\C.O=C(/C=C/c1ccc(CNCCc2ccc3c(c2)[nH]c2ncccc23)cc1)NO. The van der Waals surface area contributed by atoms with E-state index in [1.807, 2.05) is 56.3 Å². The standard InChI is InChI=1S/C23H22N4O2.C4H8/c28-22(27-29)10-8-16-3-5-18(6-4-16)15-24-13-11-17-7-9-19-20-2-1-12-25-23(20)26-21(19)14-17;1-3-4-2/h1-10,12,14,24,29H,11,13,15H2,(H,25,26)(H,27,28);3-4H,1-2H3/b10-8+;4-3-. The second kappa shape index (κ2) is 12.3. The highest BCUT2D eigenvalue weighted by Gasteiger charge is 2.05. The van der Waals surface area contributed by atoms with Gasteiger partial charge in [0, 0.05) is 35.1 Å². The quantitative estimate of drug-likeness (QED) is 0.105. The second-order valence-corrected chi connectivity index (χ2v) is 7.55. The molecule has 170 valence electrons. The van der Waals surface area contributed by atoms with Gasteiger partial charge in [-0.1, -0.05) is 48.6 Å². The van der Waals surface area contributed by atoms with E-state index >= 15 is 0 Å². The summed E-state index contributed by atoms with van der Waals surface area (Å²) in [5.74, 6) is -0.544. The number of pyridine rings is 1. The number of rotatable bonds is 7. The van der Waals surface area contributed by atoms with E-state index in [9.17, 15) is 4.79 Å². The van der Waals surface area contributed by atoms with Crippen LogP contribution in [0.3, 0.4) is 0 Å². The molecule has 2 aromatic carbocycles. The second-order valence-electron chi connectivity index (χ2n) is 7.55. The van der Waals surface area contributed by atoms with Crippen LogP contribution in [-0.4, -0.2) is 27.6 Å². The fraction of sp³-hybridized carbons (Fsp3) is 0.185. The van der Waals surface area contributed by atoms with E-state index in [1.54, 1.807) is 17.8 Å². The molecule has 0 aliphatic heterocycles. The molecule has 0 saturated heterocycles. The van der Waals surface area contributed by atoms with E-state index < -0.39 is 5.91 Å². The molecular weight excluding hydrogens is 412 g/mol. The van der Waals surface area contributed by atoms with Crippen LogP contribution >= 0.6 is 0 Å². The summed E-state index contributed by atoms with van der Waals surface area (Å²) in [7, 11) is 0. The summed E-state index contributed by atoms with van der Waals surface area (Å²) in [5, 5.41) is 14.3. The number of hydrogen-bond donors (Lipinski definition) is 4. The van der Waals surface area contributed by atoms with Crippen LogP contribution in [0.25, 0.3) is 28.0 Å². The molecule has 0 bridgehead atoms. The minimum absolute atomic E-state index is 0.544. The third-order valence-corrected chi connectivity index (χ3v) is 5.20. The normalized spacial score (nSPS) is 11.2. The number of carbonyl (C=O) groups is 1. The fourth-order valence-electron chi connectivity index (χ4n) is 3.36. The third kappa shape index (κ3) is 6.87. The first-order valence-corrected chi connectivity index (χ1v) is 11.0. The van der Waals surface area contributed by atoms with Crippen molar-refractivity contribution in [3.8, 4) is 0 Å². The zero-order valence-electron chi connectivity index (χ0n) is 19.0. The first-order valence-electron chi connectivity index (χ1n) is 11.0. The molecule has 0 aliphatic carbocycles. The molecule has 1 amide bonds. The Balaban J connectivity index is 0.000000709. The van der Waals surface area contributed by atoms with Crippen LogP contribution in [0.5, 0.6) is 0 Å². The van der Waals surface area contributed by atoms with Crippen LogP contribution in [0.4, 0.5) is 0 Å². The summed E-state index contributed by atoms with van der Waals surface area (Å²) in [6.07, 6.45) is 9.68. The summed E-state index contributed by atoms with van der Waals surface area (Å²) < 4.78 is 0. The number of amides is 1. The van der Waals surface area contributed by atoms with Crippen molar-refractivity contribution in [2.75, 3.05) is 6.54 Å². The summed E-state index contributed by atoms with van der Waals surface area (Å²) in [6.45, 7) is 5.65. The van der Waals surface area contributed by atoms with E-state index in [1.165, 1.54) is 22.6 Å². The van der Waals surface area contributed by atoms with Crippen LogP contribution in [0.15, 0.2) is 79.0 Å². The van der Waals surface area contributed by atoms with Gasteiger partial charge in [0.2, 0.25) is 0 Å². The van der Waals surface area contributed by atoms with E-state index in [0.29, 0.717) is 0 Å². The van der Waals surface area contributed by atoms with Gasteiger partial charge >= 0.3 is 0 Å². The third-order valence-electron chi connectivity index (χ3n) is 5.20. The van der Waals surface area contributed by atoms with Crippen molar-refractivity contribution in [3.63, 3.8) is 0 Å². The lowest BCUT2D eigenvalue weighted by atomic mass is 10.1. The molecule has 0 unspecified atom stereocenters. The van der Waals surface area contributed by atoms with Crippen LogP contribution in [0, 0.1) is 0 Å². The van der Waals surface area contributed by atoms with Gasteiger partial charge in [0.25, 0.3) is 5.91 Å². The Morgan fingerprint density at radius 2 is 1.79 bits per heavy atom. The number of hydrogen-bond acceptors (Lipinski definition) is 4. The lowest BCUT2D eigenvalue weighted by Crippen LogP contribution is -2.16. The maximum atomic E-state index is 11.0. The zero-order valence-corrected chi connectivity index (χ0v) is 19.0. The van der Waals surface area contributed by atoms with Crippen LogP contribution < -0.4 is 10.8 Å². The Morgan fingerprint density at radius 3 is 2.52 bits per heavy atom. The first kappa shape index (κ1) is 23.9. The minimum atomic E-state index is -0.544. The minimum Gasteiger partial charge on any atom is -0.339 e. The highest BCUT2D eigenvalue weighted by atomic mass is 16.5. The molecule has 2 aromatic heterocycles. The van der Waals surface area contributed by atoms with E-state index in [2.05, 4.69) is 39.6 Å². The molecule has 4 aromatic rings. The Kier molecular flexibility index (Phi) is 8.94. The number of carbonyl (C=O) groups excluding carboxylic acids is 1. The van der Waals surface area contributed by atoms with E-state index in [-0.39, 0.29) is 0 Å². The molecule has 0 fully saturated rings. The number of nitrogens with one attached hydrogen (secondary N) is 3. The van der Waals surface area contributed by atoms with Crippen molar-refractivity contribution >= 4 is 33.9 Å². The largest absolute Gasteiger partial charge is 0.339 e. The Hall–Kier alpha value is -3.74. The molecule has 4 rings (SSSR count). The fourth-order valence-corrected chi connectivity index (χ4v) is 3.36. The Bertz CT molecular complexity index is 1240. The van der Waals surface area contributed by atoms with Crippen molar-refractivity contribution in [1.29, 1.82) is 0 Å². The summed E-state index contributed by atoms with van der Waals surface area (Å²) in [5.41, 5.74) is 6.96. The average molecular weight is 443 g/mol. The number of nitrogens with zero attached hydrogens (tertiary/aromatic N) is 1. The zero-order chi connectivity index (χ0) is 23.5. The number of aromatic nitrogens is 2. The van der Waals surface area contributed by atoms with Gasteiger partial charge in [0.05, 0.1) is 0 Å². The summed E-state index contributed by atoms with van der Waals surface area (Å²) in [4.78, 5) is 18.8. The van der Waals surface area contributed by atoms with Crippen molar-refractivity contribution in [3.05, 3.63) is 95.7 Å². The lowest BCUT2D eigenvalue weighted by molar-refractivity contribution is -0.124. The molecule has 0 atom stereocenters. The molecular formula is C27H30N4O2. The summed E-state index contributed by atoms with van der Waals surface area (Å²) >= 11 is 0. The van der Waals surface area contributed by atoms with Crippen molar-refractivity contribution < 1.29 is 10.0 Å². The molecule has 6 heteroatoms. The number of benzene rings is 2. The molecule has 0 saturated carbocycles. The van der Waals surface area contributed by atoms with Crippen LogP contribution in [0.2, 0.25) is 0 Å². The smallest absolute Gasteiger partial charge is 0.267 e. The molecule has 0 radical (unpaired) electrons. The highest BCUT2D eigenvalue weighted by Crippen LogP contribution is 2.24. The predicted octanol–water partition coefficient (Wildman–Crippen LogP) is 5.15. The number of aromatic amines is 1. The maximum absolute atomic E-state index is 11.0. The molecule has 6 nitrogen and oxygen atoms in total. The van der Waals surface area contributed by atoms with Gasteiger partial charge in [0.1, 0.15) is 5.65 Å². The van der Waals surface area contributed by atoms with E-state index in [4.69, 9.17) is 5.21 Å². The van der Waals surface area contributed by atoms with Gasteiger partial charge in [-0.3, -0.25) is 10.0 Å². The number of H-pyrrole nitrogens is 1. The summed E-state index contributed by atoms with van der Waals surface area (Å²) in [6, 6.07) is 18.5. The maximum Gasteiger partial charge on any atom is 0.267 e. The molecule has 0 aliphatic rings. The lowest BCUT2D eigenvalue weighted by Gasteiger charge is -2.06. The first-order chi connectivity index (χ1) is 16.1. The monoisotopic (exact) mass is 442 g/mol.